The fraction of sp³-hybridized carbons (Fsp3) is 0.250. The van der Waals surface area contributed by atoms with Gasteiger partial charge < -0.3 is 5.32 Å². The first-order valence-electron chi connectivity index (χ1n) is 7.09. The zero-order valence-electron chi connectivity index (χ0n) is 12.1. The minimum absolute atomic E-state index is 0.223. The van der Waals surface area contributed by atoms with E-state index < -0.39 is 0 Å². The molecule has 1 aromatic heterocycles. The number of benzene rings is 1. The van der Waals surface area contributed by atoms with Crippen LogP contribution in [0.25, 0.3) is 10.4 Å². The van der Waals surface area contributed by atoms with Gasteiger partial charge in [0.2, 0.25) is 0 Å². The second kappa shape index (κ2) is 6.54. The molecule has 114 valence electrons. The quantitative estimate of drug-likeness (QED) is 0.506. The summed E-state index contributed by atoms with van der Waals surface area (Å²) < 4.78 is 13.0. The van der Waals surface area contributed by atoms with Crippen molar-refractivity contribution in [3.63, 3.8) is 0 Å². The Balaban J connectivity index is 1.66. The minimum Gasteiger partial charge on any atom is -0.359 e. The molecule has 3 rings (SSSR count). The van der Waals surface area contributed by atoms with Crippen LogP contribution in [0.5, 0.6) is 0 Å². The lowest BCUT2D eigenvalue weighted by Crippen LogP contribution is -2.33. The standard InChI is InChI=1S/C16H16FN3S2/c1-10(19-20-16(21)18-13-6-7-13)14-8-9-15(22-14)11-2-4-12(17)5-3-11/h2-5,8-9,13H,6-7H2,1H3,(H2,18,20,21). The third kappa shape index (κ3) is 3.90. The highest BCUT2D eigenvalue weighted by atomic mass is 32.1. The topological polar surface area (TPSA) is 36.4 Å². The Labute approximate surface area is 138 Å². The molecule has 0 spiro atoms. The molecule has 0 bridgehead atoms. The summed E-state index contributed by atoms with van der Waals surface area (Å²) in [5, 5.41) is 8.05. The van der Waals surface area contributed by atoms with E-state index in [1.54, 1.807) is 23.5 Å². The van der Waals surface area contributed by atoms with Gasteiger partial charge in [0.05, 0.1) is 10.6 Å². The van der Waals surface area contributed by atoms with E-state index in [9.17, 15) is 4.39 Å². The van der Waals surface area contributed by atoms with Crippen molar-refractivity contribution in [1.82, 2.24) is 10.7 Å². The first kappa shape index (κ1) is 15.1. The highest BCUT2D eigenvalue weighted by Crippen LogP contribution is 2.28. The lowest BCUT2D eigenvalue weighted by molar-refractivity contribution is 0.628. The fourth-order valence-corrected chi connectivity index (χ4v) is 3.11. The Bertz CT molecular complexity index is 702. The summed E-state index contributed by atoms with van der Waals surface area (Å²) in [6.45, 7) is 1.94. The Kier molecular flexibility index (Phi) is 4.49. The van der Waals surface area contributed by atoms with E-state index in [1.807, 2.05) is 19.1 Å². The molecule has 1 aliphatic carbocycles. The maximum absolute atomic E-state index is 13.0. The molecule has 0 unspecified atom stereocenters. The van der Waals surface area contributed by atoms with E-state index in [4.69, 9.17) is 12.2 Å². The molecule has 1 aliphatic rings. The Morgan fingerprint density at radius 3 is 2.64 bits per heavy atom. The van der Waals surface area contributed by atoms with Crippen molar-refractivity contribution in [3.05, 3.63) is 47.1 Å². The van der Waals surface area contributed by atoms with Gasteiger partial charge in [-0.05, 0) is 61.8 Å². The molecule has 0 saturated heterocycles. The number of thiocarbonyl (C=S) groups is 1. The number of hydrazone groups is 1. The summed E-state index contributed by atoms with van der Waals surface area (Å²) in [5.74, 6) is -0.223. The molecule has 0 amide bonds. The number of nitrogens with zero attached hydrogens (tertiary/aromatic N) is 1. The van der Waals surface area contributed by atoms with Gasteiger partial charge in [-0.2, -0.15) is 5.10 Å². The van der Waals surface area contributed by atoms with Crippen molar-refractivity contribution in [3.8, 4) is 10.4 Å². The average Bonchev–Trinajstić information content (AvgIpc) is 3.18. The average molecular weight is 333 g/mol. The predicted octanol–water partition coefficient (Wildman–Crippen LogP) is 3.90. The van der Waals surface area contributed by atoms with Gasteiger partial charge in [-0.25, -0.2) is 4.39 Å². The van der Waals surface area contributed by atoms with Gasteiger partial charge in [0.25, 0.3) is 0 Å². The van der Waals surface area contributed by atoms with Gasteiger partial charge in [-0.3, -0.25) is 5.43 Å². The lowest BCUT2D eigenvalue weighted by atomic mass is 10.2. The molecule has 1 aromatic carbocycles. The van der Waals surface area contributed by atoms with Crippen LogP contribution in [0.3, 0.4) is 0 Å². The third-order valence-electron chi connectivity index (χ3n) is 3.33. The molecule has 6 heteroatoms. The van der Waals surface area contributed by atoms with Crippen LogP contribution in [-0.2, 0) is 0 Å². The molecular weight excluding hydrogens is 317 g/mol. The summed E-state index contributed by atoms with van der Waals surface area (Å²) in [4.78, 5) is 2.14. The maximum Gasteiger partial charge on any atom is 0.187 e. The van der Waals surface area contributed by atoms with Gasteiger partial charge in [0.15, 0.2) is 5.11 Å². The van der Waals surface area contributed by atoms with Crippen LogP contribution in [0.2, 0.25) is 0 Å². The molecule has 3 nitrogen and oxygen atoms in total. The van der Waals surface area contributed by atoms with Crippen LogP contribution in [0.4, 0.5) is 4.39 Å². The molecular formula is C16H16FN3S2. The number of hydrogen-bond donors (Lipinski definition) is 2. The van der Waals surface area contributed by atoms with Crippen molar-refractivity contribution in [2.45, 2.75) is 25.8 Å². The molecule has 0 aliphatic heterocycles. The lowest BCUT2D eigenvalue weighted by Gasteiger charge is -2.05. The Morgan fingerprint density at radius 1 is 1.23 bits per heavy atom. The predicted molar refractivity (Wildman–Crippen MR) is 93.8 cm³/mol. The van der Waals surface area contributed by atoms with Crippen LogP contribution >= 0.6 is 23.6 Å². The molecule has 2 N–H and O–H groups in total. The normalized spacial score (nSPS) is 14.7. The number of halogens is 1. The summed E-state index contributed by atoms with van der Waals surface area (Å²) in [6, 6.07) is 11.1. The van der Waals surface area contributed by atoms with Gasteiger partial charge >= 0.3 is 0 Å². The van der Waals surface area contributed by atoms with Crippen molar-refractivity contribution < 1.29 is 4.39 Å². The van der Waals surface area contributed by atoms with Crippen LogP contribution < -0.4 is 10.7 Å². The molecule has 1 heterocycles. The number of thiophene rings is 1. The van der Waals surface area contributed by atoms with E-state index in [-0.39, 0.29) is 5.82 Å². The Hall–Kier alpha value is -1.79. The smallest absolute Gasteiger partial charge is 0.187 e. The summed E-state index contributed by atoms with van der Waals surface area (Å²) in [6.07, 6.45) is 2.35. The van der Waals surface area contributed by atoms with Gasteiger partial charge in [0, 0.05) is 10.9 Å². The summed E-state index contributed by atoms with van der Waals surface area (Å²) in [5.41, 5.74) is 4.75. The summed E-state index contributed by atoms with van der Waals surface area (Å²) in [7, 11) is 0. The van der Waals surface area contributed by atoms with Crippen LogP contribution in [0.1, 0.15) is 24.6 Å². The van der Waals surface area contributed by atoms with Crippen LogP contribution in [-0.4, -0.2) is 16.9 Å². The molecule has 2 aromatic rings. The van der Waals surface area contributed by atoms with Crippen molar-refractivity contribution in [1.29, 1.82) is 0 Å². The number of rotatable bonds is 4. The highest BCUT2D eigenvalue weighted by Gasteiger charge is 2.21. The van der Waals surface area contributed by atoms with Gasteiger partial charge in [-0.1, -0.05) is 12.1 Å². The first-order valence-corrected chi connectivity index (χ1v) is 8.31. The number of hydrogen-bond acceptors (Lipinski definition) is 3. The molecule has 0 radical (unpaired) electrons. The molecule has 0 atom stereocenters. The van der Waals surface area contributed by atoms with E-state index in [2.05, 4.69) is 15.8 Å². The molecule has 1 saturated carbocycles. The number of nitrogens with one attached hydrogen (secondary N) is 2. The zero-order chi connectivity index (χ0) is 15.5. The first-order chi connectivity index (χ1) is 10.6. The molecule has 1 fully saturated rings. The second-order valence-corrected chi connectivity index (χ2v) is 6.72. The Morgan fingerprint density at radius 2 is 1.95 bits per heavy atom. The zero-order valence-corrected chi connectivity index (χ0v) is 13.7. The van der Waals surface area contributed by atoms with E-state index in [0.29, 0.717) is 11.2 Å². The van der Waals surface area contributed by atoms with Crippen molar-refractivity contribution in [2.75, 3.05) is 0 Å². The van der Waals surface area contributed by atoms with E-state index >= 15 is 0 Å². The monoisotopic (exact) mass is 333 g/mol. The van der Waals surface area contributed by atoms with E-state index in [0.717, 1.165) is 21.0 Å². The summed E-state index contributed by atoms with van der Waals surface area (Å²) >= 11 is 6.79. The van der Waals surface area contributed by atoms with E-state index in [1.165, 1.54) is 25.0 Å². The minimum atomic E-state index is -0.223. The largest absolute Gasteiger partial charge is 0.359 e. The highest BCUT2D eigenvalue weighted by molar-refractivity contribution is 7.80. The SMILES string of the molecule is CC(=NNC(=S)NC1CC1)c1ccc(-c2ccc(F)cc2)s1. The van der Waals surface area contributed by atoms with Crippen molar-refractivity contribution >= 4 is 34.4 Å². The third-order valence-corrected chi connectivity index (χ3v) is 4.78. The maximum atomic E-state index is 13.0. The van der Waals surface area contributed by atoms with Crippen LogP contribution in [0.15, 0.2) is 41.5 Å². The van der Waals surface area contributed by atoms with Gasteiger partial charge in [-0.15, -0.1) is 11.3 Å². The second-order valence-electron chi connectivity index (χ2n) is 5.23. The van der Waals surface area contributed by atoms with Gasteiger partial charge in [0.1, 0.15) is 5.82 Å². The van der Waals surface area contributed by atoms with Crippen LogP contribution in [0, 0.1) is 5.82 Å². The fourth-order valence-electron chi connectivity index (χ4n) is 1.94. The van der Waals surface area contributed by atoms with Crippen molar-refractivity contribution in [2.24, 2.45) is 5.10 Å². The molecule has 22 heavy (non-hydrogen) atoms.